The maximum absolute atomic E-state index is 9.55. The van der Waals surface area contributed by atoms with Crippen molar-refractivity contribution in [1.82, 2.24) is 0 Å². The van der Waals surface area contributed by atoms with Crippen molar-refractivity contribution in [2.24, 2.45) is 0 Å². The summed E-state index contributed by atoms with van der Waals surface area (Å²) in [4.78, 5) is 0. The number of hydrogen-bond donors (Lipinski definition) is 4. The van der Waals surface area contributed by atoms with Crippen LogP contribution < -0.4 is 0 Å². The van der Waals surface area contributed by atoms with Crippen LogP contribution in [-0.2, 0) is 9.47 Å². The van der Waals surface area contributed by atoms with Gasteiger partial charge in [0.1, 0.15) is 18.3 Å². The number of rotatable bonds is 1. The van der Waals surface area contributed by atoms with Crippen LogP contribution in [0.3, 0.4) is 0 Å². The van der Waals surface area contributed by atoms with Crippen molar-refractivity contribution in [1.29, 1.82) is 5.41 Å². The van der Waals surface area contributed by atoms with Gasteiger partial charge in [-0.3, -0.25) is 5.41 Å². The van der Waals surface area contributed by atoms with E-state index in [9.17, 15) is 15.3 Å². The summed E-state index contributed by atoms with van der Waals surface area (Å²) in [5.74, 6) is -0.748. The van der Waals surface area contributed by atoms with Gasteiger partial charge in [-0.2, -0.15) is 29.7 Å². The molecule has 0 aromatic heterocycles. The zero-order chi connectivity index (χ0) is 13.4. The van der Waals surface area contributed by atoms with Gasteiger partial charge in [0, 0.05) is 0 Å². The molecule has 0 aliphatic carbocycles. The molecule has 8 atom stereocenters. The van der Waals surface area contributed by atoms with Gasteiger partial charge in [-0.1, -0.05) is 34.8 Å². The topological polar surface area (TPSA) is 103 Å². The van der Waals surface area contributed by atoms with Crippen molar-refractivity contribution in [3.63, 3.8) is 0 Å². The molecule has 1 fully saturated rings. The Balaban J connectivity index is -0.000000963. The molecular weight excluding hydrogens is 389 g/mol. The molecule has 4 N–H and O–H groups in total. The highest BCUT2D eigenvalue weighted by Gasteiger charge is 2.44. The Morgan fingerprint density at radius 2 is 1.50 bits per heavy atom. The van der Waals surface area contributed by atoms with Crippen molar-refractivity contribution in [2.75, 3.05) is 0 Å². The summed E-state index contributed by atoms with van der Waals surface area (Å²) in [7, 11) is 0. The molecule has 6 nitrogen and oxygen atoms in total. The number of ether oxygens (including phenoxy) is 2. The number of aliphatic hydroxyl groups excluding tert-OH is 3. The molecule has 124 valence electrons. The maximum Gasteiger partial charge on any atom is 0.265 e. The van der Waals surface area contributed by atoms with Gasteiger partial charge >= 0.3 is 0 Å². The molecule has 8 unspecified atom stereocenters. The zero-order valence-electron chi connectivity index (χ0n) is 10.8. The minimum Gasteiger partial charge on any atom is -0.445 e. The van der Waals surface area contributed by atoms with E-state index in [1.165, 1.54) is 6.92 Å². The molecule has 0 saturated carbocycles. The molecule has 0 aromatic rings. The largest absolute Gasteiger partial charge is 0.445 e. The van der Waals surface area contributed by atoms with E-state index in [-0.39, 0.29) is 29.7 Å². The molecule has 12 heteroatoms. The molecule has 0 spiro atoms. The predicted octanol–water partition coefficient (Wildman–Crippen LogP) is 0.352. The fourth-order valence-electron chi connectivity index (χ4n) is 1.29. The average molecular weight is 411 g/mol. The first-order valence-corrected chi connectivity index (χ1v) is 5.80. The first-order valence-electron chi connectivity index (χ1n) is 4.66. The summed E-state index contributed by atoms with van der Waals surface area (Å²) >= 11 is 16.2. The molecular formula is C8H21Cl3NO5P3. The SMILES string of the molecule is CC1OC(OC(=N)C(Cl)(Cl)Cl)C(O)C(O)C1O.P.P.P. The van der Waals surface area contributed by atoms with Gasteiger partial charge in [0.25, 0.3) is 3.79 Å². The fourth-order valence-corrected chi connectivity index (χ4v) is 1.43. The first kappa shape index (κ1) is 26.4. The van der Waals surface area contributed by atoms with Gasteiger partial charge < -0.3 is 24.8 Å². The number of hydrogen-bond acceptors (Lipinski definition) is 6. The van der Waals surface area contributed by atoms with E-state index >= 15 is 0 Å². The lowest BCUT2D eigenvalue weighted by Crippen LogP contribution is -2.58. The fraction of sp³-hybridized carbons (Fsp3) is 0.875. The molecule has 1 rings (SSSR count). The Kier molecular flexibility index (Phi) is 13.6. The van der Waals surface area contributed by atoms with Crippen molar-refractivity contribution in [3.8, 4) is 0 Å². The second-order valence-electron chi connectivity index (χ2n) is 3.63. The van der Waals surface area contributed by atoms with E-state index in [0.717, 1.165) is 0 Å². The normalized spacial score (nSPS) is 33.0. The summed E-state index contributed by atoms with van der Waals surface area (Å²) in [5, 5.41) is 35.7. The van der Waals surface area contributed by atoms with Crippen LogP contribution in [0.4, 0.5) is 0 Å². The van der Waals surface area contributed by atoms with Crippen LogP contribution in [0.15, 0.2) is 0 Å². The first-order chi connectivity index (χ1) is 7.64. The van der Waals surface area contributed by atoms with Gasteiger partial charge in [0.15, 0.2) is 0 Å². The van der Waals surface area contributed by atoms with Gasteiger partial charge in [-0.15, -0.1) is 0 Å². The van der Waals surface area contributed by atoms with Gasteiger partial charge in [-0.05, 0) is 6.92 Å². The van der Waals surface area contributed by atoms with Gasteiger partial charge in [0.2, 0.25) is 12.2 Å². The van der Waals surface area contributed by atoms with Crippen LogP contribution in [0.5, 0.6) is 0 Å². The third-order valence-corrected chi connectivity index (χ3v) is 2.81. The minimum absolute atomic E-state index is 0. The van der Waals surface area contributed by atoms with E-state index in [2.05, 4.69) is 0 Å². The average Bonchev–Trinajstić information content (AvgIpc) is 2.21. The van der Waals surface area contributed by atoms with Crippen LogP contribution in [0.2, 0.25) is 0 Å². The van der Waals surface area contributed by atoms with Crippen LogP contribution in [-0.4, -0.2) is 55.7 Å². The summed E-state index contributed by atoms with van der Waals surface area (Å²) in [6.07, 6.45) is -6.44. The lowest BCUT2D eigenvalue weighted by Gasteiger charge is -2.39. The van der Waals surface area contributed by atoms with Crippen LogP contribution in [0.25, 0.3) is 0 Å². The van der Waals surface area contributed by atoms with E-state index in [1.807, 2.05) is 0 Å². The maximum atomic E-state index is 9.55. The molecule has 0 aromatic carbocycles. The molecule has 1 heterocycles. The second kappa shape index (κ2) is 10.3. The smallest absolute Gasteiger partial charge is 0.265 e. The van der Waals surface area contributed by atoms with E-state index < -0.39 is 40.4 Å². The molecule has 0 bridgehead atoms. The predicted molar refractivity (Wildman–Crippen MR) is 94.8 cm³/mol. The molecule has 1 saturated heterocycles. The number of nitrogens with one attached hydrogen (secondary N) is 1. The monoisotopic (exact) mass is 409 g/mol. The lowest BCUT2D eigenvalue weighted by atomic mass is 10.0. The molecule has 0 amide bonds. The van der Waals surface area contributed by atoms with Crippen LogP contribution in [0, 0.1) is 5.41 Å². The lowest BCUT2D eigenvalue weighted by molar-refractivity contribution is -0.272. The number of alkyl halides is 3. The highest BCUT2D eigenvalue weighted by molar-refractivity contribution is 6.92. The Morgan fingerprint density at radius 3 is 1.90 bits per heavy atom. The minimum atomic E-state index is -2.09. The standard InChI is InChI=1S/C8H12Cl3NO5.3H3P/c1-2-3(13)4(14)5(15)6(16-2)17-7(12)8(9,10)11;;;/h2-6,12-15H,1H3;3*1H3. The zero-order valence-corrected chi connectivity index (χ0v) is 17.3. The third-order valence-electron chi connectivity index (χ3n) is 2.30. The van der Waals surface area contributed by atoms with Crippen molar-refractivity contribution in [3.05, 3.63) is 0 Å². The molecule has 0 radical (unpaired) electrons. The van der Waals surface area contributed by atoms with E-state index in [4.69, 9.17) is 49.7 Å². The molecule has 1 aliphatic rings. The van der Waals surface area contributed by atoms with Gasteiger partial charge in [0.05, 0.1) is 6.10 Å². The van der Waals surface area contributed by atoms with Crippen molar-refractivity contribution < 1.29 is 24.8 Å². The summed E-state index contributed by atoms with van der Waals surface area (Å²) < 4.78 is 7.76. The summed E-state index contributed by atoms with van der Waals surface area (Å²) in [6.45, 7) is 1.47. The Bertz CT molecular complexity index is 310. The van der Waals surface area contributed by atoms with Crippen molar-refractivity contribution >= 4 is 70.4 Å². The van der Waals surface area contributed by atoms with E-state index in [1.54, 1.807) is 0 Å². The highest BCUT2D eigenvalue weighted by atomic mass is 35.6. The second-order valence-corrected chi connectivity index (χ2v) is 5.91. The Labute approximate surface area is 142 Å². The molecule has 1 aliphatic heterocycles. The molecule has 20 heavy (non-hydrogen) atoms. The quantitative estimate of drug-likeness (QED) is 0.216. The van der Waals surface area contributed by atoms with Crippen LogP contribution in [0.1, 0.15) is 6.92 Å². The van der Waals surface area contributed by atoms with Crippen molar-refractivity contribution in [2.45, 2.75) is 41.4 Å². The van der Waals surface area contributed by atoms with Crippen LogP contribution >= 0.6 is 64.5 Å². The third kappa shape index (κ3) is 6.71. The Morgan fingerprint density at radius 1 is 1.05 bits per heavy atom. The van der Waals surface area contributed by atoms with Gasteiger partial charge in [-0.25, -0.2) is 0 Å². The number of halogens is 3. The highest BCUT2D eigenvalue weighted by Crippen LogP contribution is 2.30. The summed E-state index contributed by atoms with van der Waals surface area (Å²) in [5.41, 5.74) is 0. The van der Waals surface area contributed by atoms with E-state index in [0.29, 0.717) is 0 Å². The summed E-state index contributed by atoms with van der Waals surface area (Å²) in [6, 6.07) is 0. The Hall–Kier alpha value is 1.47. The number of aliphatic hydroxyl groups is 3.